The average Bonchev–Trinajstić information content (AvgIpc) is 2.92. The molecule has 21 heavy (non-hydrogen) atoms. The molecule has 1 amide bonds. The van der Waals surface area contributed by atoms with Gasteiger partial charge in [0.05, 0.1) is 5.71 Å². The van der Waals surface area contributed by atoms with Crippen LogP contribution >= 0.6 is 0 Å². The first kappa shape index (κ1) is 15.3. The number of amides is 1. The molecule has 0 bridgehead atoms. The van der Waals surface area contributed by atoms with Gasteiger partial charge in [-0.05, 0) is 49.5 Å². The lowest BCUT2D eigenvalue weighted by Crippen LogP contribution is -2.19. The minimum atomic E-state index is -0.293. The maximum absolute atomic E-state index is 12.0. The topological polar surface area (TPSA) is 61.7 Å². The van der Waals surface area contributed by atoms with E-state index in [1.54, 1.807) is 12.1 Å². The Morgan fingerprint density at radius 1 is 1.38 bits per heavy atom. The van der Waals surface area contributed by atoms with Crippen LogP contribution in [0.4, 0.5) is 0 Å². The Kier molecular flexibility index (Phi) is 5.55. The molecular weight excluding hydrogens is 264 g/mol. The number of hydrogen-bond acceptors (Lipinski definition) is 3. The average molecular weight is 286 g/mol. The molecule has 4 nitrogen and oxygen atoms in total. The van der Waals surface area contributed by atoms with E-state index in [0.717, 1.165) is 25.0 Å². The van der Waals surface area contributed by atoms with Crippen molar-refractivity contribution >= 4 is 11.6 Å². The number of carbonyl (C=O) groups excluding carboxylic acids is 1. The smallest absolute Gasteiger partial charge is 0.271 e. The van der Waals surface area contributed by atoms with Crippen molar-refractivity contribution in [1.29, 1.82) is 0 Å². The third kappa shape index (κ3) is 4.45. The van der Waals surface area contributed by atoms with Crippen molar-refractivity contribution in [3.63, 3.8) is 0 Å². The fourth-order valence-electron chi connectivity index (χ4n) is 2.43. The predicted molar refractivity (Wildman–Crippen MR) is 84.5 cm³/mol. The summed E-state index contributed by atoms with van der Waals surface area (Å²) in [6.07, 6.45) is 8.74. The summed E-state index contributed by atoms with van der Waals surface area (Å²) in [5.41, 5.74) is 5.25. The molecule has 0 unspecified atom stereocenters. The van der Waals surface area contributed by atoms with E-state index in [4.69, 9.17) is 0 Å². The van der Waals surface area contributed by atoms with Gasteiger partial charge in [0.2, 0.25) is 0 Å². The number of hydrazone groups is 1. The molecule has 4 heteroatoms. The number of carbonyl (C=O) groups is 1. The second-order valence-corrected chi connectivity index (χ2v) is 5.27. The second-order valence-electron chi connectivity index (χ2n) is 5.27. The van der Waals surface area contributed by atoms with Crippen molar-refractivity contribution in [2.75, 3.05) is 0 Å². The van der Waals surface area contributed by atoms with E-state index in [1.165, 1.54) is 37.0 Å². The number of phenols is 1. The SMILES string of the molecule is CCCCCC1=CCC/C1=N/NC(=O)c1cccc(O)c1. The van der Waals surface area contributed by atoms with E-state index in [0.29, 0.717) is 5.56 Å². The van der Waals surface area contributed by atoms with Crippen LogP contribution in [0, 0.1) is 0 Å². The normalized spacial score (nSPS) is 16.0. The standard InChI is InChI=1S/C17H22N2O2/c1-2-3-4-7-13-8-6-11-16(13)18-19-17(21)14-9-5-10-15(20)12-14/h5,8-10,12,20H,2-4,6-7,11H2,1H3,(H,19,21)/b18-16-. The Morgan fingerprint density at radius 2 is 2.24 bits per heavy atom. The number of rotatable bonds is 6. The highest BCUT2D eigenvalue weighted by molar-refractivity contribution is 6.03. The summed E-state index contributed by atoms with van der Waals surface area (Å²) in [6, 6.07) is 6.27. The van der Waals surface area contributed by atoms with Gasteiger partial charge in [-0.2, -0.15) is 5.10 Å². The molecule has 1 aromatic rings. The molecule has 1 aliphatic carbocycles. The molecule has 112 valence electrons. The zero-order chi connectivity index (χ0) is 15.1. The zero-order valence-corrected chi connectivity index (χ0v) is 12.4. The maximum atomic E-state index is 12.0. The molecule has 1 aliphatic rings. The Bertz CT molecular complexity index is 562. The van der Waals surface area contributed by atoms with Gasteiger partial charge in [-0.15, -0.1) is 0 Å². The monoisotopic (exact) mass is 286 g/mol. The molecule has 0 spiro atoms. The van der Waals surface area contributed by atoms with Gasteiger partial charge in [0.1, 0.15) is 5.75 Å². The molecule has 2 rings (SSSR count). The van der Waals surface area contributed by atoms with Crippen molar-refractivity contribution in [1.82, 2.24) is 5.43 Å². The molecule has 0 aromatic heterocycles. The van der Waals surface area contributed by atoms with Crippen LogP contribution in [0.2, 0.25) is 0 Å². The van der Waals surface area contributed by atoms with Crippen molar-refractivity contribution in [2.45, 2.75) is 45.4 Å². The molecule has 0 saturated heterocycles. The number of nitrogens with zero attached hydrogens (tertiary/aromatic N) is 1. The summed E-state index contributed by atoms with van der Waals surface area (Å²) < 4.78 is 0. The Labute approximate surface area is 125 Å². The van der Waals surface area contributed by atoms with Crippen molar-refractivity contribution in [3.05, 3.63) is 41.5 Å². The van der Waals surface area contributed by atoms with Gasteiger partial charge in [-0.1, -0.05) is 31.9 Å². The molecule has 1 aromatic carbocycles. The number of aromatic hydroxyl groups is 1. The number of hydrogen-bond donors (Lipinski definition) is 2. The van der Waals surface area contributed by atoms with E-state index in [-0.39, 0.29) is 11.7 Å². The highest BCUT2D eigenvalue weighted by atomic mass is 16.3. The van der Waals surface area contributed by atoms with E-state index < -0.39 is 0 Å². The number of unbranched alkanes of at least 4 members (excludes halogenated alkanes) is 2. The van der Waals surface area contributed by atoms with Crippen LogP contribution in [0.1, 0.15) is 55.8 Å². The van der Waals surface area contributed by atoms with Crippen LogP contribution in [0.15, 0.2) is 41.0 Å². The third-order valence-electron chi connectivity index (χ3n) is 3.59. The van der Waals surface area contributed by atoms with Crippen molar-refractivity contribution in [2.24, 2.45) is 5.10 Å². The first-order valence-electron chi connectivity index (χ1n) is 7.56. The van der Waals surface area contributed by atoms with E-state index in [2.05, 4.69) is 23.5 Å². The fraction of sp³-hybridized carbons (Fsp3) is 0.412. The van der Waals surface area contributed by atoms with Gasteiger partial charge in [0.15, 0.2) is 0 Å². The largest absolute Gasteiger partial charge is 0.508 e. The molecule has 2 N–H and O–H groups in total. The molecule has 0 fully saturated rings. The van der Waals surface area contributed by atoms with Gasteiger partial charge < -0.3 is 5.11 Å². The number of phenolic OH excluding ortho intramolecular Hbond substituents is 1. The van der Waals surface area contributed by atoms with Crippen LogP contribution in [0.25, 0.3) is 0 Å². The summed E-state index contributed by atoms with van der Waals surface area (Å²) in [5.74, 6) is -0.213. The fourth-order valence-corrected chi connectivity index (χ4v) is 2.43. The van der Waals surface area contributed by atoms with Crippen LogP contribution in [-0.4, -0.2) is 16.7 Å². The van der Waals surface area contributed by atoms with Gasteiger partial charge in [0.25, 0.3) is 5.91 Å². The Balaban J connectivity index is 1.94. The van der Waals surface area contributed by atoms with E-state index >= 15 is 0 Å². The van der Waals surface area contributed by atoms with Crippen LogP contribution in [-0.2, 0) is 0 Å². The van der Waals surface area contributed by atoms with Crippen LogP contribution in [0.5, 0.6) is 5.75 Å². The summed E-state index contributed by atoms with van der Waals surface area (Å²) in [4.78, 5) is 12.0. The maximum Gasteiger partial charge on any atom is 0.271 e. The van der Waals surface area contributed by atoms with Crippen molar-refractivity contribution in [3.8, 4) is 5.75 Å². The van der Waals surface area contributed by atoms with Gasteiger partial charge in [-0.25, -0.2) is 5.43 Å². The number of benzene rings is 1. The second kappa shape index (κ2) is 7.62. The predicted octanol–water partition coefficient (Wildman–Crippen LogP) is 3.78. The Morgan fingerprint density at radius 3 is 3.00 bits per heavy atom. The van der Waals surface area contributed by atoms with Gasteiger partial charge in [-0.3, -0.25) is 4.79 Å². The highest BCUT2D eigenvalue weighted by Crippen LogP contribution is 2.21. The van der Waals surface area contributed by atoms with E-state index in [1.807, 2.05) is 0 Å². The lowest BCUT2D eigenvalue weighted by Gasteiger charge is -2.06. The third-order valence-corrected chi connectivity index (χ3v) is 3.59. The minimum absolute atomic E-state index is 0.0799. The summed E-state index contributed by atoms with van der Waals surface area (Å²) in [6.45, 7) is 2.19. The van der Waals surface area contributed by atoms with Crippen molar-refractivity contribution < 1.29 is 9.90 Å². The first-order valence-corrected chi connectivity index (χ1v) is 7.56. The highest BCUT2D eigenvalue weighted by Gasteiger charge is 2.14. The number of allylic oxidation sites excluding steroid dienone is 2. The number of nitrogens with one attached hydrogen (secondary N) is 1. The van der Waals surface area contributed by atoms with Crippen LogP contribution < -0.4 is 5.43 Å². The molecule has 0 atom stereocenters. The Hall–Kier alpha value is -2.10. The molecule has 0 radical (unpaired) electrons. The minimum Gasteiger partial charge on any atom is -0.508 e. The molecule has 0 heterocycles. The summed E-state index contributed by atoms with van der Waals surface area (Å²) in [5, 5.41) is 13.6. The van der Waals surface area contributed by atoms with Gasteiger partial charge in [0, 0.05) is 5.56 Å². The van der Waals surface area contributed by atoms with E-state index in [9.17, 15) is 9.90 Å². The molecule has 0 saturated carbocycles. The lowest BCUT2D eigenvalue weighted by molar-refractivity contribution is 0.0954. The zero-order valence-electron chi connectivity index (χ0n) is 12.4. The summed E-state index contributed by atoms with van der Waals surface area (Å²) in [7, 11) is 0. The van der Waals surface area contributed by atoms with Gasteiger partial charge >= 0.3 is 0 Å². The lowest BCUT2D eigenvalue weighted by atomic mass is 10.1. The summed E-state index contributed by atoms with van der Waals surface area (Å²) >= 11 is 0. The quantitative estimate of drug-likeness (QED) is 0.617. The first-order chi connectivity index (χ1) is 10.2. The molecule has 0 aliphatic heterocycles. The van der Waals surface area contributed by atoms with Crippen LogP contribution in [0.3, 0.4) is 0 Å². The molecular formula is C17H22N2O2.